The first kappa shape index (κ1) is 44.3. The van der Waals surface area contributed by atoms with Gasteiger partial charge >= 0.3 is 10.4 Å². The maximum Gasteiger partial charge on any atom is 0.397 e. The van der Waals surface area contributed by atoms with Gasteiger partial charge in [-0.25, -0.2) is 4.18 Å². The Morgan fingerprint density at radius 1 is 0.854 bits per heavy atom. The number of hydrogen-bond acceptors (Lipinski definition) is 11. The topological polar surface area (TPSA) is 212 Å². The minimum atomic E-state index is -5.10. The Labute approximate surface area is 287 Å². The fourth-order valence-electron chi connectivity index (χ4n) is 5.14. The van der Waals surface area contributed by atoms with Crippen molar-refractivity contribution in [2.24, 2.45) is 0 Å². The Morgan fingerprint density at radius 3 is 2.08 bits per heavy atom. The zero-order valence-corrected chi connectivity index (χ0v) is 29.5. The van der Waals surface area contributed by atoms with Gasteiger partial charge in [0.1, 0.15) is 30.5 Å². The molecule has 0 aliphatic carbocycles. The second-order valence-electron chi connectivity index (χ2n) is 12.2. The minimum Gasteiger partial charge on any atom is -0.394 e. The number of amides is 1. The first-order valence-electron chi connectivity index (χ1n) is 17.5. The van der Waals surface area contributed by atoms with Gasteiger partial charge in [-0.2, -0.15) is 8.42 Å². The summed E-state index contributed by atoms with van der Waals surface area (Å²) in [5.74, 6) is -0.726. The summed E-state index contributed by atoms with van der Waals surface area (Å²) in [5.41, 5.74) is 0. The molecule has 7 N–H and O–H groups in total. The number of carbonyl (C=O) groups excluding carboxylic acids is 1. The lowest BCUT2D eigenvalue weighted by atomic mass is 9.99. The number of unbranched alkanes of at least 4 members (excludes halogenated alkanes) is 10. The first-order chi connectivity index (χ1) is 22.9. The highest BCUT2D eigenvalue weighted by atomic mass is 32.3. The molecule has 48 heavy (non-hydrogen) atoms. The Bertz CT molecular complexity index is 1040. The molecule has 1 rings (SSSR count). The van der Waals surface area contributed by atoms with Crippen LogP contribution in [0.5, 0.6) is 0 Å². The van der Waals surface area contributed by atoms with Crippen molar-refractivity contribution >= 4 is 16.3 Å². The number of allylic oxidation sites excluding steroid dienone is 5. The third-order valence-electron chi connectivity index (χ3n) is 8.00. The van der Waals surface area contributed by atoms with Crippen LogP contribution in [0.2, 0.25) is 0 Å². The highest BCUT2D eigenvalue weighted by Gasteiger charge is 2.48. The largest absolute Gasteiger partial charge is 0.397 e. The minimum absolute atomic E-state index is 0.227. The van der Waals surface area contributed by atoms with Crippen LogP contribution in [0.25, 0.3) is 0 Å². The highest BCUT2D eigenvalue weighted by molar-refractivity contribution is 7.80. The molecule has 1 aliphatic heterocycles. The van der Waals surface area contributed by atoms with Gasteiger partial charge in [-0.15, -0.1) is 0 Å². The van der Waals surface area contributed by atoms with Crippen LogP contribution in [0.4, 0.5) is 0 Å². The number of ether oxygens (including phenoxy) is 2. The maximum absolute atomic E-state index is 12.8. The molecule has 8 unspecified atom stereocenters. The van der Waals surface area contributed by atoms with E-state index in [1.54, 1.807) is 6.08 Å². The van der Waals surface area contributed by atoms with Crippen LogP contribution in [0.15, 0.2) is 36.5 Å². The molecule has 0 bridgehead atoms. The molecule has 8 atom stereocenters. The normalized spacial score (nSPS) is 24.0. The number of hydrogen-bond donors (Lipinski definition) is 7. The smallest absolute Gasteiger partial charge is 0.394 e. The standard InChI is InChI=1S/C34H61NO12S/c1-3-5-7-8-9-10-11-12-13-14-15-16-17-18-19-21-23-28(38)33(41)35-26(27(37)22-20-6-4-2)25-45-34-31(40)32(47-48(42,43)44)30(39)29(24-36)46-34/h9-10,12-13,20,22,26-32,34,36-40H,3-8,11,14-19,21,23-25H2,1-2H3,(H,35,41)(H,42,43,44)/b10-9-,13-12-,22-20+. The fraction of sp³-hybridized carbons (Fsp3) is 0.794. The Balaban J connectivity index is 2.53. The van der Waals surface area contributed by atoms with Crippen molar-refractivity contribution in [3.8, 4) is 0 Å². The van der Waals surface area contributed by atoms with Gasteiger partial charge in [-0.05, 0) is 44.9 Å². The predicted octanol–water partition coefficient (Wildman–Crippen LogP) is 3.40. The van der Waals surface area contributed by atoms with Crippen molar-refractivity contribution < 1.29 is 57.0 Å². The SMILES string of the molecule is CCC/C=C/C(O)C(COC1OC(CO)C(O)C(OS(=O)(=O)O)C1O)NC(=O)C(O)CCCCCCCC/C=C\C/C=C\CCCCC. The summed E-state index contributed by atoms with van der Waals surface area (Å²) in [6.45, 7) is 2.87. The molecular weight excluding hydrogens is 646 g/mol. The molecule has 1 fully saturated rings. The van der Waals surface area contributed by atoms with Crippen LogP contribution < -0.4 is 5.32 Å². The van der Waals surface area contributed by atoms with Crippen molar-refractivity contribution in [2.75, 3.05) is 13.2 Å². The van der Waals surface area contributed by atoms with Gasteiger partial charge in [0.2, 0.25) is 5.91 Å². The Kier molecular flexibility index (Phi) is 24.1. The Hall–Kier alpha value is -1.72. The zero-order valence-electron chi connectivity index (χ0n) is 28.6. The van der Waals surface area contributed by atoms with Crippen LogP contribution in [-0.2, 0) is 28.9 Å². The number of aliphatic hydroxyl groups is 5. The second kappa shape index (κ2) is 26.1. The molecule has 1 aliphatic rings. The molecule has 1 saturated heterocycles. The molecule has 13 nitrogen and oxygen atoms in total. The van der Waals surface area contributed by atoms with Crippen LogP contribution in [0, 0.1) is 0 Å². The van der Waals surface area contributed by atoms with Crippen molar-refractivity contribution in [3.05, 3.63) is 36.5 Å². The van der Waals surface area contributed by atoms with Crippen LogP contribution in [0.1, 0.15) is 110 Å². The summed E-state index contributed by atoms with van der Waals surface area (Å²) in [5, 5.41) is 54.1. The molecule has 280 valence electrons. The van der Waals surface area contributed by atoms with E-state index in [2.05, 4.69) is 40.7 Å². The summed E-state index contributed by atoms with van der Waals surface area (Å²) < 4.78 is 46.8. The summed E-state index contributed by atoms with van der Waals surface area (Å²) in [7, 11) is -5.10. The number of aliphatic hydroxyl groups excluding tert-OH is 5. The van der Waals surface area contributed by atoms with Gasteiger partial charge in [-0.1, -0.05) is 102 Å². The van der Waals surface area contributed by atoms with E-state index in [9.17, 15) is 38.7 Å². The van der Waals surface area contributed by atoms with Crippen LogP contribution in [-0.4, -0.2) is 107 Å². The molecule has 0 aromatic carbocycles. The lowest BCUT2D eigenvalue weighted by Gasteiger charge is -2.41. The van der Waals surface area contributed by atoms with Crippen molar-refractivity contribution in [2.45, 2.75) is 159 Å². The fourth-order valence-corrected chi connectivity index (χ4v) is 5.65. The molecule has 1 heterocycles. The molecule has 0 radical (unpaired) electrons. The quantitative estimate of drug-likeness (QED) is 0.0372. The zero-order chi connectivity index (χ0) is 35.8. The van der Waals surface area contributed by atoms with E-state index < -0.39 is 78.5 Å². The average molecular weight is 708 g/mol. The van der Waals surface area contributed by atoms with Gasteiger partial charge in [0, 0.05) is 0 Å². The maximum atomic E-state index is 12.8. The highest BCUT2D eigenvalue weighted by Crippen LogP contribution is 2.26. The monoisotopic (exact) mass is 707 g/mol. The lowest BCUT2D eigenvalue weighted by molar-refractivity contribution is -0.298. The third kappa shape index (κ3) is 19.5. The van der Waals surface area contributed by atoms with E-state index in [1.165, 1.54) is 25.3 Å². The Morgan fingerprint density at radius 2 is 1.48 bits per heavy atom. The molecular formula is C34H61NO12S. The summed E-state index contributed by atoms with van der Waals surface area (Å²) >= 11 is 0. The number of carbonyl (C=O) groups is 1. The average Bonchev–Trinajstić information content (AvgIpc) is 3.04. The van der Waals surface area contributed by atoms with E-state index in [1.807, 2.05) is 6.92 Å². The van der Waals surface area contributed by atoms with Crippen molar-refractivity contribution in [1.82, 2.24) is 5.32 Å². The summed E-state index contributed by atoms with van der Waals surface area (Å²) in [6.07, 6.45) is 15.2. The first-order valence-corrected chi connectivity index (χ1v) is 18.8. The van der Waals surface area contributed by atoms with E-state index in [0.717, 1.165) is 57.8 Å². The summed E-state index contributed by atoms with van der Waals surface area (Å²) in [4.78, 5) is 12.8. The number of nitrogens with one attached hydrogen (secondary N) is 1. The lowest BCUT2D eigenvalue weighted by Crippen LogP contribution is -2.61. The molecule has 14 heteroatoms. The number of rotatable bonds is 27. The van der Waals surface area contributed by atoms with E-state index in [0.29, 0.717) is 12.8 Å². The summed E-state index contributed by atoms with van der Waals surface area (Å²) in [6, 6.07) is -1.12. The van der Waals surface area contributed by atoms with Gasteiger partial charge in [0.15, 0.2) is 6.29 Å². The van der Waals surface area contributed by atoms with Gasteiger partial charge in [-0.3, -0.25) is 9.35 Å². The van der Waals surface area contributed by atoms with Crippen molar-refractivity contribution in [1.29, 1.82) is 0 Å². The van der Waals surface area contributed by atoms with Crippen LogP contribution in [0.3, 0.4) is 0 Å². The molecule has 0 aromatic heterocycles. The predicted molar refractivity (Wildman–Crippen MR) is 182 cm³/mol. The van der Waals surface area contributed by atoms with Gasteiger partial charge < -0.3 is 40.3 Å². The molecule has 0 spiro atoms. The van der Waals surface area contributed by atoms with E-state index >= 15 is 0 Å². The van der Waals surface area contributed by atoms with Crippen LogP contribution >= 0.6 is 0 Å². The molecule has 1 amide bonds. The molecule has 0 aromatic rings. The van der Waals surface area contributed by atoms with Crippen molar-refractivity contribution in [3.63, 3.8) is 0 Å². The van der Waals surface area contributed by atoms with E-state index in [4.69, 9.17) is 14.0 Å². The van der Waals surface area contributed by atoms with E-state index in [-0.39, 0.29) is 6.42 Å². The second-order valence-corrected chi connectivity index (χ2v) is 13.3. The molecule has 0 saturated carbocycles. The van der Waals surface area contributed by atoms with Gasteiger partial charge in [0.25, 0.3) is 0 Å². The van der Waals surface area contributed by atoms with Gasteiger partial charge in [0.05, 0.1) is 25.4 Å². The third-order valence-corrected chi connectivity index (χ3v) is 8.47.